The Morgan fingerprint density at radius 1 is 0.471 bits per heavy atom. The Morgan fingerprint density at radius 2 is 0.853 bits per heavy atom. The van der Waals surface area contributed by atoms with Crippen molar-refractivity contribution in [2.45, 2.75) is 12.8 Å². The van der Waals surface area contributed by atoms with Crippen LogP contribution in [0, 0.1) is 0 Å². The van der Waals surface area contributed by atoms with Gasteiger partial charge in [-0.3, -0.25) is 40.9 Å². The third kappa shape index (κ3) is 5.55. The van der Waals surface area contributed by atoms with E-state index in [9.17, 15) is 19.2 Å². The summed E-state index contributed by atoms with van der Waals surface area (Å²) in [5.74, 6) is -2.01. The van der Waals surface area contributed by atoms with Crippen molar-refractivity contribution in [2.75, 3.05) is 0 Å². The van der Waals surface area contributed by atoms with Crippen LogP contribution in [0.25, 0.3) is 21.5 Å². The maximum absolute atomic E-state index is 12.3. The first-order valence-corrected chi connectivity index (χ1v) is 10.7. The lowest BCUT2D eigenvalue weighted by Crippen LogP contribution is -2.44. The first kappa shape index (κ1) is 22.5. The van der Waals surface area contributed by atoms with E-state index in [1.54, 1.807) is 24.3 Å². The normalized spacial score (nSPS) is 10.5. The molecular weight excluding hydrogens is 432 g/mol. The summed E-state index contributed by atoms with van der Waals surface area (Å²) in [4.78, 5) is 48.5. The van der Waals surface area contributed by atoms with Crippen LogP contribution in [0.1, 0.15) is 33.6 Å². The molecule has 0 bridgehead atoms. The van der Waals surface area contributed by atoms with E-state index in [-0.39, 0.29) is 12.8 Å². The molecule has 0 aliphatic heterocycles. The van der Waals surface area contributed by atoms with Gasteiger partial charge in [0.15, 0.2) is 0 Å². The van der Waals surface area contributed by atoms with Gasteiger partial charge in [-0.2, -0.15) is 0 Å². The zero-order valence-electron chi connectivity index (χ0n) is 18.1. The fourth-order valence-electron chi connectivity index (χ4n) is 3.41. The fourth-order valence-corrected chi connectivity index (χ4v) is 3.41. The molecule has 4 aromatic carbocycles. The van der Waals surface area contributed by atoms with E-state index in [0.717, 1.165) is 21.5 Å². The number of carbonyl (C=O) groups excluding carboxylic acids is 4. The Bertz CT molecular complexity index is 1290. The molecule has 4 rings (SSSR count). The van der Waals surface area contributed by atoms with Gasteiger partial charge in [-0.25, -0.2) is 0 Å². The van der Waals surface area contributed by atoms with Gasteiger partial charge in [0.2, 0.25) is 11.8 Å². The highest BCUT2D eigenvalue weighted by Crippen LogP contribution is 2.16. The van der Waals surface area contributed by atoms with Crippen LogP contribution in [0.5, 0.6) is 0 Å². The number of rotatable bonds is 5. The SMILES string of the molecule is O=C(CCC(=O)NNC(=O)c1ccc2ccccc2c1)NNC(=O)c1ccc2ccccc2c1. The van der Waals surface area contributed by atoms with E-state index >= 15 is 0 Å². The van der Waals surface area contributed by atoms with Crippen molar-refractivity contribution in [1.29, 1.82) is 0 Å². The minimum absolute atomic E-state index is 0.171. The molecule has 8 heteroatoms. The Kier molecular flexibility index (Phi) is 6.78. The summed E-state index contributed by atoms with van der Waals surface area (Å²) >= 11 is 0. The molecule has 0 heterocycles. The van der Waals surface area contributed by atoms with Gasteiger partial charge in [0.1, 0.15) is 0 Å². The van der Waals surface area contributed by atoms with Crippen LogP contribution in [0.15, 0.2) is 84.9 Å². The van der Waals surface area contributed by atoms with Crippen molar-refractivity contribution < 1.29 is 19.2 Å². The second kappa shape index (κ2) is 10.3. The molecule has 0 aromatic heterocycles. The lowest BCUT2D eigenvalue weighted by molar-refractivity contribution is -0.127. The smallest absolute Gasteiger partial charge is 0.269 e. The molecule has 0 aliphatic rings. The van der Waals surface area contributed by atoms with Gasteiger partial charge in [0.25, 0.3) is 11.8 Å². The number of amides is 4. The fraction of sp³-hybridized carbons (Fsp3) is 0.0769. The van der Waals surface area contributed by atoms with Crippen LogP contribution in [0.3, 0.4) is 0 Å². The highest BCUT2D eigenvalue weighted by atomic mass is 16.2. The van der Waals surface area contributed by atoms with Gasteiger partial charge in [-0.15, -0.1) is 0 Å². The number of nitrogens with one attached hydrogen (secondary N) is 4. The highest BCUT2D eigenvalue weighted by molar-refractivity contribution is 6.00. The van der Waals surface area contributed by atoms with E-state index in [1.165, 1.54) is 0 Å². The average molecular weight is 454 g/mol. The molecule has 0 fully saturated rings. The van der Waals surface area contributed by atoms with Crippen molar-refractivity contribution in [1.82, 2.24) is 21.7 Å². The lowest BCUT2D eigenvalue weighted by Gasteiger charge is -2.09. The van der Waals surface area contributed by atoms with Crippen molar-refractivity contribution in [2.24, 2.45) is 0 Å². The molecule has 0 radical (unpaired) electrons. The first-order valence-electron chi connectivity index (χ1n) is 10.7. The summed E-state index contributed by atoms with van der Waals surface area (Å²) in [5.41, 5.74) is 10.0. The molecule has 4 aromatic rings. The number of hydrogen-bond acceptors (Lipinski definition) is 4. The number of hydrogen-bond donors (Lipinski definition) is 4. The summed E-state index contributed by atoms with van der Waals surface area (Å²) < 4.78 is 0. The van der Waals surface area contributed by atoms with Gasteiger partial charge in [-0.1, -0.05) is 60.7 Å². The molecule has 0 saturated heterocycles. The first-order chi connectivity index (χ1) is 16.5. The molecule has 0 saturated carbocycles. The third-order valence-corrected chi connectivity index (χ3v) is 5.23. The number of hydrazine groups is 2. The topological polar surface area (TPSA) is 116 Å². The van der Waals surface area contributed by atoms with Crippen molar-refractivity contribution in [3.8, 4) is 0 Å². The van der Waals surface area contributed by atoms with Crippen LogP contribution in [0.4, 0.5) is 0 Å². The molecule has 4 amide bonds. The summed E-state index contributed by atoms with van der Waals surface area (Å²) in [6.45, 7) is 0. The molecule has 0 atom stereocenters. The van der Waals surface area contributed by atoms with Crippen LogP contribution >= 0.6 is 0 Å². The van der Waals surface area contributed by atoms with Crippen molar-refractivity contribution in [3.63, 3.8) is 0 Å². The van der Waals surface area contributed by atoms with Crippen molar-refractivity contribution in [3.05, 3.63) is 96.1 Å². The Hall–Kier alpha value is -4.72. The maximum Gasteiger partial charge on any atom is 0.269 e. The largest absolute Gasteiger partial charge is 0.273 e. The van der Waals surface area contributed by atoms with E-state index in [1.807, 2.05) is 60.7 Å². The molecule has 0 spiro atoms. The van der Waals surface area contributed by atoms with Crippen LogP contribution in [-0.4, -0.2) is 23.6 Å². The van der Waals surface area contributed by atoms with Crippen LogP contribution < -0.4 is 21.7 Å². The predicted molar refractivity (Wildman–Crippen MR) is 128 cm³/mol. The number of fused-ring (bicyclic) bond motifs is 2. The second-order valence-corrected chi connectivity index (χ2v) is 7.63. The lowest BCUT2D eigenvalue weighted by atomic mass is 10.1. The third-order valence-electron chi connectivity index (χ3n) is 5.23. The monoisotopic (exact) mass is 454 g/mol. The maximum atomic E-state index is 12.3. The Labute approximate surface area is 195 Å². The van der Waals surface area contributed by atoms with Gasteiger partial charge in [0.05, 0.1) is 0 Å². The van der Waals surface area contributed by atoms with Gasteiger partial charge in [-0.05, 0) is 45.8 Å². The Balaban J connectivity index is 1.19. The quantitative estimate of drug-likeness (QED) is 0.347. The van der Waals surface area contributed by atoms with E-state index in [0.29, 0.717) is 11.1 Å². The zero-order chi connectivity index (χ0) is 23.9. The van der Waals surface area contributed by atoms with Gasteiger partial charge in [0, 0.05) is 24.0 Å². The molecule has 4 N–H and O–H groups in total. The summed E-state index contributed by atoms with van der Waals surface area (Å²) in [5, 5.41) is 3.82. The standard InChI is InChI=1S/C26H22N4O4/c31-23(27-29-25(33)21-11-9-17-5-1-3-7-19(17)15-21)13-14-24(32)28-30-26(34)22-12-10-18-6-2-4-8-20(18)16-22/h1-12,15-16H,13-14H2,(H,27,31)(H,28,32)(H,29,33)(H,30,34). The molecule has 0 unspecified atom stereocenters. The predicted octanol–water partition coefficient (Wildman–Crippen LogP) is 3.00. The number of carbonyl (C=O) groups is 4. The molecule has 170 valence electrons. The van der Waals surface area contributed by atoms with Crippen LogP contribution in [-0.2, 0) is 9.59 Å². The van der Waals surface area contributed by atoms with E-state index in [4.69, 9.17) is 0 Å². The molecule has 0 aliphatic carbocycles. The minimum atomic E-state index is -0.537. The summed E-state index contributed by atoms with van der Waals surface area (Å²) in [7, 11) is 0. The second-order valence-electron chi connectivity index (χ2n) is 7.63. The van der Waals surface area contributed by atoms with E-state index in [2.05, 4.69) is 21.7 Å². The molecule has 8 nitrogen and oxygen atoms in total. The average Bonchev–Trinajstić information content (AvgIpc) is 2.88. The Morgan fingerprint density at radius 3 is 1.26 bits per heavy atom. The number of benzene rings is 4. The van der Waals surface area contributed by atoms with Gasteiger partial charge >= 0.3 is 0 Å². The minimum Gasteiger partial charge on any atom is -0.273 e. The van der Waals surface area contributed by atoms with Crippen molar-refractivity contribution >= 4 is 45.2 Å². The molecular formula is C26H22N4O4. The zero-order valence-corrected chi connectivity index (χ0v) is 18.1. The van der Waals surface area contributed by atoms with E-state index < -0.39 is 23.6 Å². The summed E-state index contributed by atoms with van der Waals surface area (Å²) in [6, 6.07) is 25.6. The summed E-state index contributed by atoms with van der Waals surface area (Å²) in [6.07, 6.45) is -0.342. The van der Waals surface area contributed by atoms with Gasteiger partial charge < -0.3 is 0 Å². The highest BCUT2D eigenvalue weighted by Gasteiger charge is 2.12. The molecule has 34 heavy (non-hydrogen) atoms. The van der Waals surface area contributed by atoms with Crippen LogP contribution in [0.2, 0.25) is 0 Å².